The average Bonchev–Trinajstić information content (AvgIpc) is 2.63. The first kappa shape index (κ1) is 17.6. The number of rotatable bonds is 5. The average molecular weight is 336 g/mol. The standard InChI is InChI=1S/C21H28N4/c1-17(2)23-20-10-7-13-22-21(20)24(3)19-11-14-25(15-12-19)16-18-8-5-4-6-9-18/h4-10,13,19H,11-12,14-16H2,1-3H3. The Morgan fingerprint density at radius 3 is 2.52 bits per heavy atom. The SMILES string of the molecule is CC(C)=Nc1cccnc1N(C)C1CCN(Cc2ccccc2)CC1. The molecule has 4 heteroatoms. The lowest BCUT2D eigenvalue weighted by atomic mass is 10.0. The van der Waals surface area contributed by atoms with Crippen molar-refractivity contribution in [2.75, 3.05) is 25.0 Å². The van der Waals surface area contributed by atoms with Crippen LogP contribution >= 0.6 is 0 Å². The topological polar surface area (TPSA) is 31.7 Å². The Kier molecular flexibility index (Phi) is 5.82. The lowest BCUT2D eigenvalue weighted by Crippen LogP contribution is -2.43. The summed E-state index contributed by atoms with van der Waals surface area (Å²) < 4.78 is 0. The molecule has 25 heavy (non-hydrogen) atoms. The van der Waals surface area contributed by atoms with Crippen molar-refractivity contribution in [1.29, 1.82) is 0 Å². The van der Waals surface area contributed by atoms with Gasteiger partial charge in [0.15, 0.2) is 5.82 Å². The molecule has 0 bridgehead atoms. The second-order valence-corrected chi connectivity index (χ2v) is 7.01. The van der Waals surface area contributed by atoms with E-state index in [1.807, 2.05) is 26.1 Å². The first-order valence-corrected chi connectivity index (χ1v) is 9.09. The highest BCUT2D eigenvalue weighted by atomic mass is 15.2. The fraction of sp³-hybridized carbons (Fsp3) is 0.429. The summed E-state index contributed by atoms with van der Waals surface area (Å²) in [6.45, 7) is 7.35. The Bertz CT molecular complexity index is 699. The molecule has 0 aliphatic carbocycles. The summed E-state index contributed by atoms with van der Waals surface area (Å²) in [6, 6.07) is 15.3. The molecule has 4 nitrogen and oxygen atoms in total. The van der Waals surface area contributed by atoms with Crippen LogP contribution in [0.2, 0.25) is 0 Å². The van der Waals surface area contributed by atoms with E-state index in [4.69, 9.17) is 0 Å². The van der Waals surface area contributed by atoms with Crippen LogP contribution in [0.1, 0.15) is 32.3 Å². The molecule has 0 radical (unpaired) electrons. The van der Waals surface area contributed by atoms with Crippen molar-refractivity contribution in [3.63, 3.8) is 0 Å². The third kappa shape index (κ3) is 4.67. The van der Waals surface area contributed by atoms with E-state index in [0.29, 0.717) is 6.04 Å². The Hall–Kier alpha value is -2.20. The van der Waals surface area contributed by atoms with E-state index < -0.39 is 0 Å². The van der Waals surface area contributed by atoms with Gasteiger partial charge in [0.2, 0.25) is 0 Å². The fourth-order valence-electron chi connectivity index (χ4n) is 3.47. The first-order valence-electron chi connectivity index (χ1n) is 9.09. The van der Waals surface area contributed by atoms with Crippen molar-refractivity contribution in [2.24, 2.45) is 4.99 Å². The maximum atomic E-state index is 4.65. The van der Waals surface area contributed by atoms with Crippen LogP contribution in [-0.2, 0) is 6.54 Å². The number of aliphatic imine (C=N–C) groups is 1. The summed E-state index contributed by atoms with van der Waals surface area (Å²) in [7, 11) is 2.16. The van der Waals surface area contributed by atoms with E-state index >= 15 is 0 Å². The highest BCUT2D eigenvalue weighted by Crippen LogP contribution is 2.29. The van der Waals surface area contributed by atoms with Gasteiger partial charge in [-0.3, -0.25) is 9.89 Å². The monoisotopic (exact) mass is 336 g/mol. The minimum Gasteiger partial charge on any atom is -0.355 e. The molecule has 3 rings (SSSR count). The molecule has 1 aromatic carbocycles. The van der Waals surface area contributed by atoms with Crippen LogP contribution < -0.4 is 4.90 Å². The van der Waals surface area contributed by atoms with Crippen molar-refractivity contribution in [3.8, 4) is 0 Å². The zero-order valence-electron chi connectivity index (χ0n) is 15.5. The lowest BCUT2D eigenvalue weighted by molar-refractivity contribution is 0.203. The summed E-state index contributed by atoms with van der Waals surface area (Å²) in [5.74, 6) is 0.991. The minimum atomic E-state index is 0.521. The van der Waals surface area contributed by atoms with E-state index in [9.17, 15) is 0 Å². The second kappa shape index (κ2) is 8.26. The molecule has 2 aromatic rings. The van der Waals surface area contributed by atoms with Gasteiger partial charge in [-0.05, 0) is 44.4 Å². The third-order valence-electron chi connectivity index (χ3n) is 4.80. The molecule has 0 spiro atoms. The normalized spacial score (nSPS) is 15.8. The number of hydrogen-bond acceptors (Lipinski definition) is 4. The number of aromatic nitrogens is 1. The fourth-order valence-corrected chi connectivity index (χ4v) is 3.47. The van der Waals surface area contributed by atoms with Gasteiger partial charge in [-0.1, -0.05) is 30.3 Å². The molecule has 1 aliphatic rings. The van der Waals surface area contributed by atoms with Crippen molar-refractivity contribution in [2.45, 2.75) is 39.3 Å². The van der Waals surface area contributed by atoms with E-state index in [-0.39, 0.29) is 0 Å². The van der Waals surface area contributed by atoms with Crippen LogP contribution in [0.15, 0.2) is 53.7 Å². The lowest BCUT2D eigenvalue weighted by Gasteiger charge is -2.37. The van der Waals surface area contributed by atoms with Crippen LogP contribution in [0.25, 0.3) is 0 Å². The molecule has 0 N–H and O–H groups in total. The Morgan fingerprint density at radius 1 is 1.12 bits per heavy atom. The van der Waals surface area contributed by atoms with Crippen LogP contribution in [0, 0.1) is 0 Å². The van der Waals surface area contributed by atoms with Crippen LogP contribution in [-0.4, -0.2) is 41.8 Å². The molecule has 2 heterocycles. The first-order chi connectivity index (χ1) is 12.1. The summed E-state index contributed by atoms with van der Waals surface area (Å²) in [6.07, 6.45) is 4.18. The number of likely N-dealkylation sites (tertiary alicyclic amines) is 1. The second-order valence-electron chi connectivity index (χ2n) is 7.01. The van der Waals surface area contributed by atoms with Crippen LogP contribution in [0.3, 0.4) is 0 Å². The van der Waals surface area contributed by atoms with E-state index in [2.05, 4.69) is 63.2 Å². The Morgan fingerprint density at radius 2 is 1.84 bits per heavy atom. The zero-order chi connectivity index (χ0) is 17.6. The number of pyridine rings is 1. The van der Waals surface area contributed by atoms with Gasteiger partial charge in [-0.2, -0.15) is 0 Å². The van der Waals surface area contributed by atoms with Crippen molar-refractivity contribution >= 4 is 17.2 Å². The number of anilines is 1. The van der Waals surface area contributed by atoms with Gasteiger partial charge in [0.1, 0.15) is 5.69 Å². The highest BCUT2D eigenvalue weighted by Gasteiger charge is 2.24. The van der Waals surface area contributed by atoms with Gasteiger partial charge in [-0.15, -0.1) is 0 Å². The predicted molar refractivity (Wildman–Crippen MR) is 106 cm³/mol. The Balaban J connectivity index is 1.62. The molecule has 1 saturated heterocycles. The molecule has 1 aliphatic heterocycles. The minimum absolute atomic E-state index is 0.521. The molecule has 0 unspecified atom stereocenters. The summed E-state index contributed by atoms with van der Waals surface area (Å²) in [4.78, 5) is 14.1. The number of hydrogen-bond donors (Lipinski definition) is 0. The van der Waals surface area contributed by atoms with Gasteiger partial charge < -0.3 is 4.90 Å². The van der Waals surface area contributed by atoms with Crippen molar-refractivity contribution in [3.05, 3.63) is 54.2 Å². The molecule has 1 fully saturated rings. The molecule has 0 amide bonds. The maximum absolute atomic E-state index is 4.65. The van der Waals surface area contributed by atoms with Gasteiger partial charge in [-0.25, -0.2) is 4.98 Å². The third-order valence-corrected chi connectivity index (χ3v) is 4.80. The maximum Gasteiger partial charge on any atom is 0.154 e. The molecule has 1 aromatic heterocycles. The van der Waals surface area contributed by atoms with E-state index in [1.165, 1.54) is 5.56 Å². The summed E-state index contributed by atoms with van der Waals surface area (Å²) in [5.41, 5.74) is 3.42. The van der Waals surface area contributed by atoms with E-state index in [0.717, 1.165) is 49.7 Å². The number of benzene rings is 1. The molecule has 132 valence electrons. The van der Waals surface area contributed by atoms with Crippen LogP contribution in [0.5, 0.6) is 0 Å². The molecule has 0 atom stereocenters. The highest BCUT2D eigenvalue weighted by molar-refractivity contribution is 5.84. The van der Waals surface area contributed by atoms with Gasteiger partial charge >= 0.3 is 0 Å². The number of nitrogens with zero attached hydrogens (tertiary/aromatic N) is 4. The van der Waals surface area contributed by atoms with Gasteiger partial charge in [0.25, 0.3) is 0 Å². The largest absolute Gasteiger partial charge is 0.355 e. The van der Waals surface area contributed by atoms with Gasteiger partial charge in [0.05, 0.1) is 0 Å². The zero-order valence-corrected chi connectivity index (χ0v) is 15.5. The smallest absolute Gasteiger partial charge is 0.154 e. The Labute approximate surface area is 151 Å². The van der Waals surface area contributed by atoms with Crippen LogP contribution in [0.4, 0.5) is 11.5 Å². The van der Waals surface area contributed by atoms with Crippen molar-refractivity contribution < 1.29 is 0 Å². The summed E-state index contributed by atoms with van der Waals surface area (Å²) in [5, 5.41) is 0. The predicted octanol–water partition coefficient (Wildman–Crippen LogP) is 4.29. The summed E-state index contributed by atoms with van der Waals surface area (Å²) >= 11 is 0. The number of piperidine rings is 1. The molecular formula is C21H28N4. The quantitative estimate of drug-likeness (QED) is 0.763. The van der Waals surface area contributed by atoms with Crippen molar-refractivity contribution in [1.82, 2.24) is 9.88 Å². The van der Waals surface area contributed by atoms with Gasteiger partial charge in [0, 0.05) is 44.6 Å². The van der Waals surface area contributed by atoms with E-state index in [1.54, 1.807) is 0 Å². The molecular weight excluding hydrogens is 308 g/mol. The molecule has 0 saturated carbocycles.